The lowest BCUT2D eigenvalue weighted by Gasteiger charge is -2.27. The lowest BCUT2D eigenvalue weighted by Crippen LogP contribution is -2.29. The number of ketones is 1. The summed E-state index contributed by atoms with van der Waals surface area (Å²) in [7, 11) is 0. The molecule has 0 bridgehead atoms. The fraction of sp³-hybridized carbons (Fsp3) is 0.290. The molecule has 5 rings (SSSR count). The SMILES string of the molecule is CCOc1cc(/C(O)=C2\C(=O)C(=O)N(Cc3ccc4c(c3)OCO4)C2c2ccc(C(C)(C)C)cc2)ccc1Cl. The van der Waals surface area contributed by atoms with Gasteiger partial charge in [-0.15, -0.1) is 0 Å². The number of aliphatic hydroxyl groups is 1. The van der Waals surface area contributed by atoms with Crippen molar-refractivity contribution >= 4 is 29.1 Å². The van der Waals surface area contributed by atoms with E-state index in [0.29, 0.717) is 40.0 Å². The number of nitrogens with zero attached hydrogens (tertiary/aromatic N) is 1. The van der Waals surface area contributed by atoms with Crippen LogP contribution in [0.4, 0.5) is 0 Å². The van der Waals surface area contributed by atoms with Crippen LogP contribution in [0.25, 0.3) is 5.76 Å². The molecule has 1 unspecified atom stereocenters. The van der Waals surface area contributed by atoms with E-state index in [2.05, 4.69) is 20.8 Å². The van der Waals surface area contributed by atoms with Crippen molar-refractivity contribution in [2.24, 2.45) is 0 Å². The smallest absolute Gasteiger partial charge is 0.295 e. The summed E-state index contributed by atoms with van der Waals surface area (Å²) in [5, 5.41) is 11.8. The Morgan fingerprint density at radius 1 is 1.03 bits per heavy atom. The average molecular weight is 548 g/mol. The second-order valence-corrected chi connectivity index (χ2v) is 11.0. The number of halogens is 1. The third kappa shape index (κ3) is 5.06. The summed E-state index contributed by atoms with van der Waals surface area (Å²) in [5.41, 5.74) is 2.85. The van der Waals surface area contributed by atoms with Gasteiger partial charge < -0.3 is 24.2 Å². The number of likely N-dealkylation sites (tertiary alicyclic amines) is 1. The first-order valence-electron chi connectivity index (χ1n) is 12.8. The highest BCUT2D eigenvalue weighted by atomic mass is 35.5. The van der Waals surface area contributed by atoms with Crippen molar-refractivity contribution in [2.45, 2.75) is 45.7 Å². The summed E-state index contributed by atoms with van der Waals surface area (Å²) in [6.45, 7) is 8.82. The zero-order chi connectivity index (χ0) is 27.9. The van der Waals surface area contributed by atoms with Crippen LogP contribution in [0.5, 0.6) is 17.2 Å². The lowest BCUT2D eigenvalue weighted by molar-refractivity contribution is -0.140. The second-order valence-electron chi connectivity index (χ2n) is 10.6. The first-order chi connectivity index (χ1) is 18.6. The molecular weight excluding hydrogens is 518 g/mol. The van der Waals surface area contributed by atoms with E-state index in [-0.39, 0.29) is 30.1 Å². The lowest BCUT2D eigenvalue weighted by atomic mass is 9.85. The van der Waals surface area contributed by atoms with Crippen molar-refractivity contribution in [1.29, 1.82) is 0 Å². The summed E-state index contributed by atoms with van der Waals surface area (Å²) >= 11 is 6.25. The maximum atomic E-state index is 13.5. The summed E-state index contributed by atoms with van der Waals surface area (Å²) < 4.78 is 16.5. The molecule has 1 fully saturated rings. The van der Waals surface area contributed by atoms with E-state index >= 15 is 0 Å². The minimum Gasteiger partial charge on any atom is -0.507 e. The summed E-state index contributed by atoms with van der Waals surface area (Å²) in [6.07, 6.45) is 0. The van der Waals surface area contributed by atoms with E-state index in [1.54, 1.807) is 30.3 Å². The maximum absolute atomic E-state index is 13.5. The van der Waals surface area contributed by atoms with Crippen molar-refractivity contribution in [2.75, 3.05) is 13.4 Å². The average Bonchev–Trinajstić information content (AvgIpc) is 3.47. The van der Waals surface area contributed by atoms with Crippen LogP contribution in [0.2, 0.25) is 5.02 Å². The highest BCUT2D eigenvalue weighted by Crippen LogP contribution is 2.42. The van der Waals surface area contributed by atoms with Crippen LogP contribution in [0.1, 0.15) is 56.0 Å². The Kier molecular flexibility index (Phi) is 7.03. The largest absolute Gasteiger partial charge is 0.507 e. The van der Waals surface area contributed by atoms with Gasteiger partial charge in [0.15, 0.2) is 11.5 Å². The van der Waals surface area contributed by atoms with E-state index in [1.165, 1.54) is 4.90 Å². The Labute approximate surface area is 232 Å². The summed E-state index contributed by atoms with van der Waals surface area (Å²) in [4.78, 5) is 28.4. The van der Waals surface area contributed by atoms with E-state index in [4.69, 9.17) is 25.8 Å². The van der Waals surface area contributed by atoms with Gasteiger partial charge in [-0.1, -0.05) is 62.7 Å². The topological polar surface area (TPSA) is 85.3 Å². The summed E-state index contributed by atoms with van der Waals surface area (Å²) in [5.74, 6) is -0.153. The van der Waals surface area contributed by atoms with E-state index < -0.39 is 17.7 Å². The first-order valence-corrected chi connectivity index (χ1v) is 13.2. The van der Waals surface area contributed by atoms with Gasteiger partial charge in [-0.3, -0.25) is 9.59 Å². The molecule has 8 heteroatoms. The number of hydrogen-bond donors (Lipinski definition) is 1. The first kappa shape index (κ1) is 26.6. The number of Topliss-reactive ketones (excluding diaryl/α,β-unsaturated/α-hetero) is 1. The van der Waals surface area contributed by atoms with Crippen molar-refractivity contribution in [3.05, 3.63) is 93.5 Å². The van der Waals surface area contributed by atoms with Gasteiger partial charge in [-0.25, -0.2) is 0 Å². The highest BCUT2D eigenvalue weighted by Gasteiger charge is 2.46. The van der Waals surface area contributed by atoms with Gasteiger partial charge >= 0.3 is 0 Å². The van der Waals surface area contributed by atoms with Crippen molar-refractivity contribution in [1.82, 2.24) is 4.90 Å². The van der Waals surface area contributed by atoms with Gasteiger partial charge in [-0.2, -0.15) is 0 Å². The maximum Gasteiger partial charge on any atom is 0.295 e. The van der Waals surface area contributed by atoms with Crippen molar-refractivity contribution in [3.8, 4) is 17.2 Å². The molecule has 3 aromatic rings. The van der Waals surface area contributed by atoms with Gasteiger partial charge in [0.25, 0.3) is 11.7 Å². The number of fused-ring (bicyclic) bond motifs is 1. The van der Waals surface area contributed by atoms with Crippen LogP contribution in [0.15, 0.2) is 66.2 Å². The predicted molar refractivity (Wildman–Crippen MR) is 148 cm³/mol. The standard InChI is InChI=1S/C31H30ClNO6/c1-5-37-24-15-20(9-12-22(24)32)28(34)26-27(19-7-10-21(11-8-19)31(2,3)4)33(30(36)29(26)35)16-18-6-13-23-25(14-18)39-17-38-23/h6-15,27,34H,5,16-17H2,1-4H3/b28-26+. The fourth-order valence-corrected chi connectivity index (χ4v) is 5.04. The molecule has 3 aromatic carbocycles. The van der Waals surface area contributed by atoms with E-state index in [9.17, 15) is 14.7 Å². The third-order valence-corrected chi connectivity index (χ3v) is 7.24. The molecule has 0 radical (unpaired) electrons. The molecule has 202 valence electrons. The molecule has 0 saturated carbocycles. The molecule has 0 aliphatic carbocycles. The number of aliphatic hydroxyl groups excluding tert-OH is 1. The number of benzene rings is 3. The van der Waals surface area contributed by atoms with Crippen LogP contribution >= 0.6 is 11.6 Å². The molecule has 0 spiro atoms. The molecule has 1 N–H and O–H groups in total. The van der Waals surface area contributed by atoms with Crippen LogP contribution in [0, 0.1) is 0 Å². The van der Waals surface area contributed by atoms with Gasteiger partial charge in [0.1, 0.15) is 11.5 Å². The molecule has 2 aliphatic rings. The molecule has 1 atom stereocenters. The molecule has 7 nitrogen and oxygen atoms in total. The van der Waals surface area contributed by atoms with E-state index in [1.807, 2.05) is 37.3 Å². The molecular formula is C31H30ClNO6. The monoisotopic (exact) mass is 547 g/mol. The van der Waals surface area contributed by atoms with Crippen molar-refractivity contribution in [3.63, 3.8) is 0 Å². The highest BCUT2D eigenvalue weighted by molar-refractivity contribution is 6.46. The number of carbonyl (C=O) groups excluding carboxylic acids is 2. The van der Waals surface area contributed by atoms with Crippen LogP contribution in [-0.2, 0) is 21.5 Å². The summed E-state index contributed by atoms with van der Waals surface area (Å²) in [6, 6.07) is 17.2. The second kappa shape index (κ2) is 10.3. The van der Waals surface area contributed by atoms with Crippen molar-refractivity contribution < 1.29 is 28.9 Å². The Bertz CT molecular complexity index is 1470. The number of rotatable bonds is 6. The molecule has 39 heavy (non-hydrogen) atoms. The molecule has 1 amide bonds. The number of ether oxygens (including phenoxy) is 3. The van der Waals surface area contributed by atoms with Gasteiger partial charge in [0, 0.05) is 12.1 Å². The fourth-order valence-electron chi connectivity index (χ4n) is 4.86. The number of hydrogen-bond acceptors (Lipinski definition) is 6. The molecule has 2 aliphatic heterocycles. The molecule has 1 saturated heterocycles. The molecule has 2 heterocycles. The Hall–Kier alpha value is -3.97. The Balaban J connectivity index is 1.62. The zero-order valence-corrected chi connectivity index (χ0v) is 23.0. The number of amides is 1. The predicted octanol–water partition coefficient (Wildman–Crippen LogP) is 6.39. The Morgan fingerprint density at radius 2 is 1.74 bits per heavy atom. The minimum atomic E-state index is -0.810. The minimum absolute atomic E-state index is 0.00835. The van der Waals surface area contributed by atoms with Gasteiger partial charge in [0.2, 0.25) is 6.79 Å². The number of carbonyl (C=O) groups is 2. The Morgan fingerprint density at radius 3 is 2.44 bits per heavy atom. The third-order valence-electron chi connectivity index (χ3n) is 6.93. The quantitative estimate of drug-likeness (QED) is 0.219. The van der Waals surface area contributed by atoms with Crippen LogP contribution in [-0.4, -0.2) is 35.1 Å². The zero-order valence-electron chi connectivity index (χ0n) is 22.3. The van der Waals surface area contributed by atoms with E-state index in [0.717, 1.165) is 11.1 Å². The van der Waals surface area contributed by atoms with Gasteiger partial charge in [0.05, 0.1) is 23.2 Å². The molecule has 0 aromatic heterocycles. The van der Waals surface area contributed by atoms with Crippen LogP contribution < -0.4 is 14.2 Å². The van der Waals surface area contributed by atoms with Crippen LogP contribution in [0.3, 0.4) is 0 Å². The normalized spacial score (nSPS) is 18.1. The van der Waals surface area contributed by atoms with Gasteiger partial charge in [-0.05, 0) is 59.4 Å².